The zero-order valence-electron chi connectivity index (χ0n) is 12.7. The van der Waals surface area contributed by atoms with E-state index in [0.717, 1.165) is 0 Å². The second-order valence-corrected chi connectivity index (χ2v) is 7.15. The molecule has 1 aliphatic rings. The SMILES string of the molecule is COc1cnc(B2OC(C)(C)C(C)(C)O2)c(S(C)=O)c1. The van der Waals surface area contributed by atoms with E-state index in [1.54, 1.807) is 25.6 Å². The summed E-state index contributed by atoms with van der Waals surface area (Å²) in [6, 6.07) is 1.71. The van der Waals surface area contributed by atoms with Gasteiger partial charge in [-0.15, -0.1) is 0 Å². The second kappa shape index (κ2) is 5.13. The highest BCUT2D eigenvalue weighted by Crippen LogP contribution is 2.36. The Hall–Kier alpha value is -0.915. The van der Waals surface area contributed by atoms with Crippen LogP contribution >= 0.6 is 0 Å². The Morgan fingerprint density at radius 1 is 1.25 bits per heavy atom. The lowest BCUT2D eigenvalue weighted by molar-refractivity contribution is 0.00578. The Kier molecular flexibility index (Phi) is 3.97. The van der Waals surface area contributed by atoms with Crippen LogP contribution in [0.2, 0.25) is 0 Å². The van der Waals surface area contributed by atoms with E-state index < -0.39 is 29.1 Å². The first kappa shape index (κ1) is 15.5. The molecular formula is C13H20BNO4S. The summed E-state index contributed by atoms with van der Waals surface area (Å²) < 4.78 is 29.0. The fourth-order valence-corrected chi connectivity index (χ4v) is 2.64. The van der Waals surface area contributed by atoms with Gasteiger partial charge in [0.15, 0.2) is 0 Å². The quantitative estimate of drug-likeness (QED) is 0.783. The van der Waals surface area contributed by atoms with Crippen LogP contribution in [0.5, 0.6) is 5.75 Å². The number of hydrogen-bond acceptors (Lipinski definition) is 5. The summed E-state index contributed by atoms with van der Waals surface area (Å²) in [4.78, 5) is 4.89. The van der Waals surface area contributed by atoms with Crippen molar-refractivity contribution in [1.82, 2.24) is 4.98 Å². The van der Waals surface area contributed by atoms with Gasteiger partial charge in [0.25, 0.3) is 0 Å². The van der Waals surface area contributed by atoms with E-state index in [4.69, 9.17) is 14.0 Å². The summed E-state index contributed by atoms with van der Waals surface area (Å²) in [5.74, 6) is 0.565. The Morgan fingerprint density at radius 2 is 1.80 bits per heavy atom. The maximum Gasteiger partial charge on any atom is 0.515 e. The summed E-state index contributed by atoms with van der Waals surface area (Å²) in [6.45, 7) is 7.89. The van der Waals surface area contributed by atoms with Crippen LogP contribution in [0.15, 0.2) is 17.2 Å². The number of hydrogen-bond donors (Lipinski definition) is 0. The summed E-state index contributed by atoms with van der Waals surface area (Å²) in [7, 11) is -0.272. The number of methoxy groups -OCH3 is 1. The van der Waals surface area contributed by atoms with Crippen molar-refractivity contribution in [3.63, 3.8) is 0 Å². The van der Waals surface area contributed by atoms with E-state index in [-0.39, 0.29) is 0 Å². The Balaban J connectivity index is 2.42. The molecule has 0 amide bonds. The van der Waals surface area contributed by atoms with Crippen LogP contribution in [0.1, 0.15) is 27.7 Å². The molecule has 1 atom stereocenters. The van der Waals surface area contributed by atoms with Crippen LogP contribution in [-0.2, 0) is 20.1 Å². The van der Waals surface area contributed by atoms with Crippen LogP contribution < -0.4 is 10.3 Å². The molecule has 1 saturated heterocycles. The lowest BCUT2D eigenvalue weighted by Crippen LogP contribution is -2.41. The fourth-order valence-electron chi connectivity index (χ4n) is 1.91. The molecule has 1 aliphatic heterocycles. The molecule has 1 aromatic heterocycles. The molecule has 0 N–H and O–H groups in total. The van der Waals surface area contributed by atoms with Gasteiger partial charge in [0.1, 0.15) is 5.75 Å². The molecule has 1 aromatic rings. The van der Waals surface area contributed by atoms with Gasteiger partial charge in [0, 0.05) is 6.26 Å². The molecule has 110 valence electrons. The molecule has 7 heteroatoms. The minimum Gasteiger partial charge on any atom is -0.495 e. The molecule has 0 spiro atoms. The first-order valence-corrected chi connectivity index (χ1v) is 7.97. The van der Waals surface area contributed by atoms with Crippen molar-refractivity contribution >= 4 is 23.5 Å². The number of ether oxygens (including phenoxy) is 1. The maximum absolute atomic E-state index is 11.9. The van der Waals surface area contributed by atoms with Gasteiger partial charge in [0.05, 0.1) is 45.8 Å². The van der Waals surface area contributed by atoms with E-state index in [9.17, 15) is 4.21 Å². The van der Waals surface area contributed by atoms with E-state index in [1.807, 2.05) is 27.7 Å². The number of pyridine rings is 1. The maximum atomic E-state index is 11.9. The standard InChI is InChI=1S/C13H20BNO4S/c1-12(2)13(3,4)19-14(18-12)11-10(20(6)16)7-9(17-5)8-15-11/h7-8H,1-6H3. The van der Waals surface area contributed by atoms with Crippen molar-refractivity contribution in [3.8, 4) is 5.75 Å². The van der Waals surface area contributed by atoms with Crippen molar-refractivity contribution in [3.05, 3.63) is 12.3 Å². The smallest absolute Gasteiger partial charge is 0.495 e. The van der Waals surface area contributed by atoms with Crippen molar-refractivity contribution in [2.24, 2.45) is 0 Å². The predicted molar refractivity (Wildman–Crippen MR) is 78.8 cm³/mol. The molecule has 2 rings (SSSR count). The monoisotopic (exact) mass is 297 g/mol. The summed E-state index contributed by atoms with van der Waals surface area (Å²) in [5.41, 5.74) is -0.359. The van der Waals surface area contributed by atoms with Gasteiger partial charge in [-0.25, -0.2) is 0 Å². The summed E-state index contributed by atoms with van der Waals surface area (Å²) in [6.07, 6.45) is 3.18. The van der Waals surface area contributed by atoms with Crippen molar-refractivity contribution in [2.45, 2.75) is 43.8 Å². The first-order chi connectivity index (χ1) is 9.18. The number of aromatic nitrogens is 1. The van der Waals surface area contributed by atoms with E-state index in [2.05, 4.69) is 4.98 Å². The van der Waals surface area contributed by atoms with Gasteiger partial charge in [-0.05, 0) is 33.8 Å². The Bertz CT molecular complexity index is 531. The molecule has 0 saturated carbocycles. The zero-order valence-corrected chi connectivity index (χ0v) is 13.5. The van der Waals surface area contributed by atoms with Crippen LogP contribution in [-0.4, -0.2) is 40.9 Å². The van der Waals surface area contributed by atoms with Gasteiger partial charge in [0.2, 0.25) is 0 Å². The Morgan fingerprint density at radius 3 is 2.25 bits per heavy atom. The normalized spacial score (nSPS) is 21.8. The van der Waals surface area contributed by atoms with Gasteiger partial charge in [-0.2, -0.15) is 0 Å². The average molecular weight is 297 g/mol. The third-order valence-corrected chi connectivity index (χ3v) is 4.82. The third-order valence-electron chi connectivity index (χ3n) is 3.88. The third kappa shape index (κ3) is 2.62. The average Bonchev–Trinajstić information content (AvgIpc) is 2.57. The summed E-state index contributed by atoms with van der Waals surface area (Å²) >= 11 is 0. The van der Waals surface area contributed by atoms with Gasteiger partial charge < -0.3 is 14.0 Å². The number of rotatable bonds is 3. The molecule has 0 radical (unpaired) electrons. The first-order valence-electron chi connectivity index (χ1n) is 6.41. The molecule has 1 unspecified atom stereocenters. The molecule has 20 heavy (non-hydrogen) atoms. The van der Waals surface area contributed by atoms with Crippen molar-refractivity contribution in [2.75, 3.05) is 13.4 Å². The van der Waals surface area contributed by atoms with Gasteiger partial charge >= 0.3 is 7.12 Å². The van der Waals surface area contributed by atoms with Crippen LogP contribution in [0.25, 0.3) is 0 Å². The molecular weight excluding hydrogens is 277 g/mol. The highest BCUT2D eigenvalue weighted by Gasteiger charge is 2.53. The largest absolute Gasteiger partial charge is 0.515 e. The van der Waals surface area contributed by atoms with Gasteiger partial charge in [-0.1, -0.05) is 0 Å². The van der Waals surface area contributed by atoms with E-state index in [0.29, 0.717) is 16.2 Å². The van der Waals surface area contributed by atoms with Crippen molar-refractivity contribution < 1.29 is 18.3 Å². The topological polar surface area (TPSA) is 57.6 Å². The minimum atomic E-state index is -1.20. The van der Waals surface area contributed by atoms with Crippen LogP contribution in [0, 0.1) is 0 Å². The highest BCUT2D eigenvalue weighted by atomic mass is 32.2. The van der Waals surface area contributed by atoms with Gasteiger partial charge in [-0.3, -0.25) is 9.19 Å². The molecule has 0 aliphatic carbocycles. The second-order valence-electron chi connectivity index (χ2n) is 5.80. The lowest BCUT2D eigenvalue weighted by Gasteiger charge is -2.32. The van der Waals surface area contributed by atoms with E-state index >= 15 is 0 Å². The summed E-state index contributed by atoms with van der Waals surface area (Å²) in [5, 5.41) is 0. The lowest BCUT2D eigenvalue weighted by atomic mass is 9.84. The Labute approximate surface area is 122 Å². The number of nitrogens with zero attached hydrogens (tertiary/aromatic N) is 1. The molecule has 1 fully saturated rings. The molecule has 5 nitrogen and oxygen atoms in total. The molecule has 0 aromatic carbocycles. The van der Waals surface area contributed by atoms with Crippen LogP contribution in [0.4, 0.5) is 0 Å². The molecule has 0 bridgehead atoms. The minimum absolute atomic E-state index is 0.453. The molecule has 2 heterocycles. The fraction of sp³-hybridized carbons (Fsp3) is 0.615. The van der Waals surface area contributed by atoms with Crippen molar-refractivity contribution in [1.29, 1.82) is 0 Å². The highest BCUT2D eigenvalue weighted by molar-refractivity contribution is 7.84. The van der Waals surface area contributed by atoms with Crippen LogP contribution in [0.3, 0.4) is 0 Å². The predicted octanol–water partition coefficient (Wildman–Crippen LogP) is 1.13. The zero-order chi connectivity index (χ0) is 15.1. The van der Waals surface area contributed by atoms with E-state index in [1.165, 1.54) is 0 Å².